The van der Waals surface area contributed by atoms with Gasteiger partial charge in [-0.15, -0.1) is 0 Å². The van der Waals surface area contributed by atoms with E-state index in [-0.39, 0.29) is 17.7 Å². The molecule has 1 aliphatic carbocycles. The average molecular weight is 394 g/mol. The fraction of sp³-hybridized carbons (Fsp3) is 0.278. The number of aliphatic carboxylic acids is 1. The van der Waals surface area contributed by atoms with Gasteiger partial charge in [0.15, 0.2) is 6.73 Å². The Morgan fingerprint density at radius 3 is 2.78 bits per heavy atom. The zero-order valence-corrected chi connectivity index (χ0v) is 14.9. The van der Waals surface area contributed by atoms with Crippen LogP contribution in [0.2, 0.25) is 5.02 Å². The number of halogens is 2. The first-order valence-electron chi connectivity index (χ1n) is 8.23. The zero-order valence-electron chi connectivity index (χ0n) is 14.1. The Balaban J connectivity index is 1.59. The number of hydrogen-bond donors (Lipinski definition) is 2. The summed E-state index contributed by atoms with van der Waals surface area (Å²) in [6, 6.07) is 3.78. The van der Waals surface area contributed by atoms with Crippen molar-refractivity contribution in [1.82, 2.24) is 9.78 Å². The molecule has 27 heavy (non-hydrogen) atoms. The molecule has 0 saturated heterocycles. The molecule has 0 aliphatic heterocycles. The highest BCUT2D eigenvalue weighted by Gasteiger charge is 2.34. The van der Waals surface area contributed by atoms with Gasteiger partial charge in [0.1, 0.15) is 11.6 Å². The molecule has 0 bridgehead atoms. The number of carbonyl (C=O) groups is 2. The number of carboxylic acids is 1. The van der Waals surface area contributed by atoms with Crippen LogP contribution in [-0.4, -0.2) is 26.8 Å². The first-order chi connectivity index (χ1) is 12.9. The number of amides is 1. The molecule has 1 amide bonds. The molecule has 3 rings (SSSR count). The van der Waals surface area contributed by atoms with Gasteiger partial charge >= 0.3 is 5.97 Å². The van der Waals surface area contributed by atoms with E-state index < -0.39 is 23.6 Å². The number of carbonyl (C=O) groups excluding carboxylic acids is 1. The quantitative estimate of drug-likeness (QED) is 0.734. The number of hydrogen-bond acceptors (Lipinski definition) is 4. The number of aromatic nitrogens is 2. The van der Waals surface area contributed by atoms with E-state index in [2.05, 4.69) is 10.4 Å². The minimum atomic E-state index is -0.986. The van der Waals surface area contributed by atoms with Gasteiger partial charge in [-0.25, -0.2) is 9.07 Å². The maximum absolute atomic E-state index is 13.0. The highest BCUT2D eigenvalue weighted by Crippen LogP contribution is 2.27. The lowest BCUT2D eigenvalue weighted by molar-refractivity contribution is -0.146. The summed E-state index contributed by atoms with van der Waals surface area (Å²) in [7, 11) is 0. The molecule has 0 radical (unpaired) electrons. The van der Waals surface area contributed by atoms with Gasteiger partial charge in [0, 0.05) is 0 Å². The molecule has 0 saturated carbocycles. The minimum absolute atomic E-state index is 0.00510. The fourth-order valence-electron chi connectivity index (χ4n) is 2.84. The molecule has 1 aromatic heterocycles. The predicted octanol–water partition coefficient (Wildman–Crippen LogP) is 3.32. The van der Waals surface area contributed by atoms with Crippen LogP contribution in [0.5, 0.6) is 5.75 Å². The van der Waals surface area contributed by atoms with E-state index in [1.54, 1.807) is 12.3 Å². The molecule has 0 fully saturated rings. The molecule has 142 valence electrons. The molecule has 7 nitrogen and oxygen atoms in total. The third kappa shape index (κ3) is 4.65. The minimum Gasteiger partial charge on any atom is -0.481 e. The van der Waals surface area contributed by atoms with Crippen molar-refractivity contribution in [3.05, 3.63) is 53.6 Å². The van der Waals surface area contributed by atoms with Crippen molar-refractivity contribution < 1.29 is 23.8 Å². The Hall–Kier alpha value is -2.87. The van der Waals surface area contributed by atoms with Crippen molar-refractivity contribution in [2.45, 2.75) is 19.6 Å². The monoisotopic (exact) mass is 393 g/mol. The van der Waals surface area contributed by atoms with Crippen molar-refractivity contribution in [2.24, 2.45) is 11.8 Å². The van der Waals surface area contributed by atoms with Gasteiger partial charge in [-0.2, -0.15) is 5.10 Å². The van der Waals surface area contributed by atoms with Gasteiger partial charge < -0.3 is 15.2 Å². The molecule has 1 aromatic carbocycles. The molecule has 1 aliphatic rings. The van der Waals surface area contributed by atoms with Crippen LogP contribution in [0.15, 0.2) is 42.7 Å². The van der Waals surface area contributed by atoms with E-state index in [0.29, 0.717) is 24.3 Å². The second-order valence-electron chi connectivity index (χ2n) is 6.10. The summed E-state index contributed by atoms with van der Waals surface area (Å²) in [6.07, 6.45) is 7.28. The summed E-state index contributed by atoms with van der Waals surface area (Å²) in [4.78, 5) is 23.7. The van der Waals surface area contributed by atoms with E-state index in [1.165, 1.54) is 23.0 Å². The normalized spacial score (nSPS) is 18.9. The summed E-state index contributed by atoms with van der Waals surface area (Å²) in [6.45, 7) is 0.00510. The highest BCUT2D eigenvalue weighted by atomic mass is 35.5. The van der Waals surface area contributed by atoms with Gasteiger partial charge in [0.05, 0.1) is 34.9 Å². The molecule has 2 atom stereocenters. The van der Waals surface area contributed by atoms with Crippen LogP contribution < -0.4 is 10.1 Å². The summed E-state index contributed by atoms with van der Waals surface area (Å²) in [5.41, 5.74) is 0.424. The number of nitrogens with one attached hydrogen (secondary N) is 1. The summed E-state index contributed by atoms with van der Waals surface area (Å²) in [5.74, 6) is -2.89. The standard InChI is InChI=1S/C18H17ClFN3O4/c19-15-7-11(20)5-6-16(15)27-10-23-9-12(8-21-23)22-17(24)13-3-1-2-4-14(13)18(25)26/h1-2,5-9,13-14H,3-4,10H2,(H,22,24)(H,25,26). The van der Waals surface area contributed by atoms with Crippen LogP contribution in [0.1, 0.15) is 12.8 Å². The summed E-state index contributed by atoms with van der Waals surface area (Å²) < 4.78 is 19.9. The van der Waals surface area contributed by atoms with E-state index in [4.69, 9.17) is 16.3 Å². The van der Waals surface area contributed by atoms with Gasteiger partial charge in [-0.3, -0.25) is 9.59 Å². The van der Waals surface area contributed by atoms with Gasteiger partial charge in [0.25, 0.3) is 0 Å². The summed E-state index contributed by atoms with van der Waals surface area (Å²) >= 11 is 5.89. The van der Waals surface area contributed by atoms with Gasteiger partial charge in [0.2, 0.25) is 5.91 Å². The number of ether oxygens (including phenoxy) is 1. The second kappa shape index (κ2) is 8.22. The Morgan fingerprint density at radius 1 is 1.33 bits per heavy atom. The van der Waals surface area contributed by atoms with Crippen LogP contribution in [-0.2, 0) is 16.3 Å². The number of nitrogens with zero attached hydrogens (tertiary/aromatic N) is 2. The van der Waals surface area contributed by atoms with Crippen molar-refractivity contribution in [2.75, 3.05) is 5.32 Å². The van der Waals surface area contributed by atoms with Crippen molar-refractivity contribution >= 4 is 29.2 Å². The fourth-order valence-corrected chi connectivity index (χ4v) is 3.06. The predicted molar refractivity (Wildman–Crippen MR) is 95.9 cm³/mol. The van der Waals surface area contributed by atoms with Crippen molar-refractivity contribution in [1.29, 1.82) is 0 Å². The Labute approximate surface area is 159 Å². The average Bonchev–Trinajstić information content (AvgIpc) is 3.08. The van der Waals surface area contributed by atoms with Crippen molar-refractivity contribution in [3.63, 3.8) is 0 Å². The molecule has 2 N–H and O–H groups in total. The molecule has 2 unspecified atom stereocenters. The number of rotatable bonds is 6. The molecule has 0 spiro atoms. The maximum atomic E-state index is 13.0. The highest BCUT2D eigenvalue weighted by molar-refractivity contribution is 6.32. The van der Waals surface area contributed by atoms with E-state index in [9.17, 15) is 19.1 Å². The molecule has 2 aromatic rings. The number of allylic oxidation sites excluding steroid dienone is 2. The van der Waals surface area contributed by atoms with E-state index in [0.717, 1.165) is 6.07 Å². The Kier molecular flexibility index (Phi) is 5.75. The maximum Gasteiger partial charge on any atom is 0.307 e. The van der Waals surface area contributed by atoms with Crippen LogP contribution in [0.4, 0.5) is 10.1 Å². The van der Waals surface area contributed by atoms with E-state index in [1.807, 2.05) is 6.08 Å². The first-order valence-corrected chi connectivity index (χ1v) is 8.61. The third-order valence-corrected chi connectivity index (χ3v) is 4.53. The topological polar surface area (TPSA) is 93.5 Å². The van der Waals surface area contributed by atoms with Crippen LogP contribution >= 0.6 is 11.6 Å². The van der Waals surface area contributed by atoms with Gasteiger partial charge in [-0.05, 0) is 31.0 Å². The number of benzene rings is 1. The van der Waals surface area contributed by atoms with E-state index >= 15 is 0 Å². The summed E-state index contributed by atoms with van der Waals surface area (Å²) in [5, 5.41) is 16.1. The van der Waals surface area contributed by atoms with Crippen LogP contribution in [0.3, 0.4) is 0 Å². The lowest BCUT2D eigenvalue weighted by Gasteiger charge is -2.23. The molecule has 1 heterocycles. The van der Waals surface area contributed by atoms with Crippen LogP contribution in [0.25, 0.3) is 0 Å². The lowest BCUT2D eigenvalue weighted by Crippen LogP contribution is -2.34. The smallest absolute Gasteiger partial charge is 0.307 e. The third-order valence-electron chi connectivity index (χ3n) is 4.23. The Bertz CT molecular complexity index is 883. The van der Waals surface area contributed by atoms with Gasteiger partial charge in [-0.1, -0.05) is 23.8 Å². The van der Waals surface area contributed by atoms with Crippen LogP contribution in [0, 0.1) is 17.7 Å². The molecular formula is C18H17ClFN3O4. The largest absolute Gasteiger partial charge is 0.481 e. The first kappa shape index (κ1) is 18.9. The molecule has 9 heteroatoms. The Morgan fingerprint density at radius 2 is 2.07 bits per heavy atom. The molecular weight excluding hydrogens is 377 g/mol. The zero-order chi connectivity index (χ0) is 19.4. The second-order valence-corrected chi connectivity index (χ2v) is 6.51. The SMILES string of the molecule is O=C(O)C1CC=CCC1C(=O)Nc1cnn(COc2ccc(F)cc2Cl)c1. The lowest BCUT2D eigenvalue weighted by atomic mass is 9.82. The number of carboxylic acid groups (broad SMARTS) is 1. The van der Waals surface area contributed by atoms with Crippen molar-refractivity contribution in [3.8, 4) is 5.75 Å². The number of anilines is 1.